The third kappa shape index (κ3) is 5.59. The number of likely N-dealkylation sites (N-methyl/N-ethyl adjacent to an activating group) is 1. The van der Waals surface area contributed by atoms with E-state index in [0.717, 1.165) is 19.6 Å². The molecule has 0 amide bonds. The lowest BCUT2D eigenvalue weighted by molar-refractivity contribution is 0.260. The van der Waals surface area contributed by atoms with E-state index in [1.165, 1.54) is 24.9 Å². The number of halogens is 4. The largest absolute Gasteiger partial charge is 0.311 e. The molecule has 0 aromatic heterocycles. The van der Waals surface area contributed by atoms with Crippen molar-refractivity contribution in [3.05, 3.63) is 33.8 Å². The van der Waals surface area contributed by atoms with Crippen LogP contribution in [-0.4, -0.2) is 30.6 Å². The summed E-state index contributed by atoms with van der Waals surface area (Å²) in [5, 5.41) is 4.76. The van der Waals surface area contributed by atoms with Crippen molar-refractivity contribution in [3.8, 4) is 0 Å². The Kier molecular flexibility index (Phi) is 10.2. The van der Waals surface area contributed by atoms with E-state index in [-0.39, 0.29) is 24.8 Å². The van der Waals surface area contributed by atoms with Gasteiger partial charge in [0.1, 0.15) is 0 Å². The third-order valence-corrected chi connectivity index (χ3v) is 4.34. The molecular weight excluding hydrogens is 338 g/mol. The molecule has 1 fully saturated rings. The highest BCUT2D eigenvalue weighted by molar-refractivity contribution is 6.42. The van der Waals surface area contributed by atoms with E-state index in [4.69, 9.17) is 23.2 Å². The van der Waals surface area contributed by atoms with Gasteiger partial charge in [-0.15, -0.1) is 24.8 Å². The number of hydrogen-bond donors (Lipinski definition) is 1. The van der Waals surface area contributed by atoms with Crippen molar-refractivity contribution in [1.82, 2.24) is 10.2 Å². The first-order valence-corrected chi connectivity index (χ1v) is 7.35. The number of likely N-dealkylation sites (tertiary alicyclic amines) is 1. The van der Waals surface area contributed by atoms with Crippen molar-refractivity contribution in [2.24, 2.45) is 0 Å². The molecule has 1 heterocycles. The van der Waals surface area contributed by atoms with Gasteiger partial charge in [-0.25, -0.2) is 0 Å². The Morgan fingerprint density at radius 1 is 1.25 bits per heavy atom. The summed E-state index contributed by atoms with van der Waals surface area (Å²) in [6.07, 6.45) is 2.63. The van der Waals surface area contributed by atoms with E-state index in [9.17, 15) is 0 Å². The van der Waals surface area contributed by atoms with Crippen LogP contribution >= 0.6 is 48.0 Å². The normalized spacial score (nSPS) is 18.4. The van der Waals surface area contributed by atoms with Crippen LogP contribution in [-0.2, 0) is 6.54 Å². The Morgan fingerprint density at radius 2 is 2.00 bits per heavy atom. The summed E-state index contributed by atoms with van der Waals surface area (Å²) in [6, 6.07) is 6.50. The van der Waals surface area contributed by atoms with Gasteiger partial charge < -0.3 is 5.32 Å². The van der Waals surface area contributed by atoms with Gasteiger partial charge in [0.25, 0.3) is 0 Å². The molecule has 6 heteroatoms. The summed E-state index contributed by atoms with van der Waals surface area (Å²) in [7, 11) is 0. The van der Waals surface area contributed by atoms with E-state index in [2.05, 4.69) is 17.1 Å². The molecule has 1 aromatic rings. The standard InChI is InChI=1S/C14H20Cl2N2.2ClH/c1-2-18-7-3-4-12(18)10-17-9-11-5-6-13(15)14(16)8-11;;/h5-6,8,12,17H,2-4,7,9-10H2,1H3;2*1H. The highest BCUT2D eigenvalue weighted by atomic mass is 35.5. The summed E-state index contributed by atoms with van der Waals surface area (Å²) in [4.78, 5) is 2.54. The molecule has 1 saturated heterocycles. The monoisotopic (exact) mass is 358 g/mol. The minimum atomic E-state index is 0. The van der Waals surface area contributed by atoms with Crippen molar-refractivity contribution < 1.29 is 0 Å². The van der Waals surface area contributed by atoms with Crippen LogP contribution in [0, 0.1) is 0 Å². The van der Waals surface area contributed by atoms with Gasteiger partial charge in [0.05, 0.1) is 10.0 Å². The molecule has 0 saturated carbocycles. The maximum absolute atomic E-state index is 6.00. The number of rotatable bonds is 5. The van der Waals surface area contributed by atoms with E-state index in [1.807, 2.05) is 18.2 Å². The molecule has 0 aliphatic carbocycles. The molecule has 20 heavy (non-hydrogen) atoms. The second-order valence-corrected chi connectivity index (χ2v) is 5.62. The zero-order chi connectivity index (χ0) is 13.0. The lowest BCUT2D eigenvalue weighted by atomic mass is 10.2. The fourth-order valence-electron chi connectivity index (χ4n) is 2.58. The first-order valence-electron chi connectivity index (χ1n) is 6.59. The molecule has 116 valence electrons. The Balaban J connectivity index is 0.00000180. The lowest BCUT2D eigenvalue weighted by Gasteiger charge is -2.23. The van der Waals surface area contributed by atoms with Crippen molar-refractivity contribution in [2.75, 3.05) is 19.6 Å². The average molecular weight is 360 g/mol. The van der Waals surface area contributed by atoms with Crippen LogP contribution in [0.4, 0.5) is 0 Å². The quantitative estimate of drug-likeness (QED) is 0.837. The Morgan fingerprint density at radius 3 is 2.65 bits per heavy atom. The second-order valence-electron chi connectivity index (χ2n) is 4.80. The highest BCUT2D eigenvalue weighted by Gasteiger charge is 2.21. The van der Waals surface area contributed by atoms with Crippen molar-refractivity contribution in [1.29, 1.82) is 0 Å². The molecule has 1 unspecified atom stereocenters. The summed E-state index contributed by atoms with van der Waals surface area (Å²) in [5.74, 6) is 0. The van der Waals surface area contributed by atoms with Gasteiger partial charge in [0.15, 0.2) is 0 Å². The summed E-state index contributed by atoms with van der Waals surface area (Å²) < 4.78 is 0. The SMILES string of the molecule is CCN1CCCC1CNCc1ccc(Cl)c(Cl)c1.Cl.Cl. The lowest BCUT2D eigenvalue weighted by Crippen LogP contribution is -2.37. The summed E-state index contributed by atoms with van der Waals surface area (Å²) >= 11 is 11.9. The minimum absolute atomic E-state index is 0. The maximum atomic E-state index is 6.00. The average Bonchev–Trinajstić information content (AvgIpc) is 2.81. The first kappa shape index (κ1) is 20.3. The molecule has 0 radical (unpaired) electrons. The van der Waals surface area contributed by atoms with Gasteiger partial charge in [-0.2, -0.15) is 0 Å². The fourth-order valence-corrected chi connectivity index (χ4v) is 2.90. The molecule has 1 aromatic carbocycles. The highest BCUT2D eigenvalue weighted by Crippen LogP contribution is 2.22. The predicted molar refractivity (Wildman–Crippen MR) is 92.9 cm³/mol. The van der Waals surface area contributed by atoms with Gasteiger partial charge in [-0.1, -0.05) is 36.2 Å². The van der Waals surface area contributed by atoms with Crippen molar-refractivity contribution in [2.45, 2.75) is 32.4 Å². The Bertz CT molecular complexity index is 401. The Labute approximate surface area is 144 Å². The molecule has 1 atom stereocenters. The predicted octanol–water partition coefficient (Wildman–Crippen LogP) is 4.41. The smallest absolute Gasteiger partial charge is 0.0595 e. The summed E-state index contributed by atoms with van der Waals surface area (Å²) in [5.41, 5.74) is 1.19. The molecule has 1 aliphatic heterocycles. The first-order chi connectivity index (χ1) is 8.70. The Hall–Kier alpha value is 0.300. The minimum Gasteiger partial charge on any atom is -0.311 e. The van der Waals surface area contributed by atoms with Crippen molar-refractivity contribution >= 4 is 48.0 Å². The van der Waals surface area contributed by atoms with Crippen LogP contribution in [0.2, 0.25) is 10.0 Å². The van der Waals surface area contributed by atoms with Gasteiger partial charge in [0.2, 0.25) is 0 Å². The molecule has 2 nitrogen and oxygen atoms in total. The van der Waals surface area contributed by atoms with Crippen LogP contribution in [0.5, 0.6) is 0 Å². The number of nitrogens with zero attached hydrogens (tertiary/aromatic N) is 1. The van der Waals surface area contributed by atoms with Crippen LogP contribution in [0.1, 0.15) is 25.3 Å². The zero-order valence-electron chi connectivity index (χ0n) is 11.6. The van der Waals surface area contributed by atoms with Gasteiger partial charge in [-0.05, 0) is 43.6 Å². The van der Waals surface area contributed by atoms with E-state index < -0.39 is 0 Å². The number of hydrogen-bond acceptors (Lipinski definition) is 2. The van der Waals surface area contributed by atoms with Gasteiger partial charge in [-0.3, -0.25) is 4.90 Å². The number of nitrogens with one attached hydrogen (secondary N) is 1. The topological polar surface area (TPSA) is 15.3 Å². The molecule has 0 spiro atoms. The molecule has 1 N–H and O–H groups in total. The maximum Gasteiger partial charge on any atom is 0.0595 e. The van der Waals surface area contributed by atoms with Gasteiger partial charge >= 0.3 is 0 Å². The molecule has 0 bridgehead atoms. The second kappa shape index (κ2) is 10.1. The van der Waals surface area contributed by atoms with Crippen LogP contribution in [0.25, 0.3) is 0 Å². The van der Waals surface area contributed by atoms with Crippen molar-refractivity contribution in [3.63, 3.8) is 0 Å². The van der Waals surface area contributed by atoms with Crippen LogP contribution in [0.15, 0.2) is 18.2 Å². The molecule has 1 aliphatic rings. The van der Waals surface area contributed by atoms with E-state index >= 15 is 0 Å². The number of benzene rings is 1. The van der Waals surface area contributed by atoms with E-state index in [0.29, 0.717) is 16.1 Å². The third-order valence-electron chi connectivity index (χ3n) is 3.60. The molecule has 2 rings (SSSR count). The van der Waals surface area contributed by atoms with Crippen LogP contribution in [0.3, 0.4) is 0 Å². The van der Waals surface area contributed by atoms with Gasteiger partial charge in [0, 0.05) is 19.1 Å². The fraction of sp³-hybridized carbons (Fsp3) is 0.571. The van der Waals surface area contributed by atoms with Crippen LogP contribution < -0.4 is 5.32 Å². The zero-order valence-corrected chi connectivity index (χ0v) is 14.7. The van der Waals surface area contributed by atoms with E-state index in [1.54, 1.807) is 0 Å². The summed E-state index contributed by atoms with van der Waals surface area (Å²) in [6.45, 7) is 6.53. The molecular formula is C14H22Cl4N2.